The molecule has 0 aliphatic carbocycles. The molecule has 0 fully saturated rings. The molecule has 31 heteroatoms. The van der Waals surface area contributed by atoms with Gasteiger partial charge in [-0.2, -0.15) is 23.5 Å². The van der Waals surface area contributed by atoms with Gasteiger partial charge in [-0.25, -0.2) is 4.79 Å². The molecule has 0 aromatic carbocycles. The smallest absolute Gasteiger partial charge is 0.327 e. The summed E-state index contributed by atoms with van der Waals surface area (Å²) in [5, 5.41) is 23.4. The van der Waals surface area contributed by atoms with Crippen LogP contribution in [0.25, 0.3) is 0 Å². The molecule has 0 rings (SSSR count). The Hall–Kier alpha value is -6.50. The van der Waals surface area contributed by atoms with Crippen LogP contribution in [-0.2, 0) is 33.6 Å². The first-order chi connectivity index (χ1) is 34.7. The van der Waals surface area contributed by atoms with Gasteiger partial charge in [0.05, 0.1) is 6.04 Å². The van der Waals surface area contributed by atoms with Gasteiger partial charge in [0.1, 0.15) is 30.2 Å². The molecular formula is C43H85N21O8S2. The molecule has 0 saturated heterocycles. The van der Waals surface area contributed by atoms with E-state index in [1.165, 1.54) is 23.5 Å². The minimum atomic E-state index is -1.40. The number of rotatable bonds is 40. The summed E-state index contributed by atoms with van der Waals surface area (Å²) < 4.78 is 0. The first-order valence-corrected chi connectivity index (χ1v) is 26.4. The number of thioether (sulfide) groups is 2. The number of nitrogens with zero attached hydrogens (tertiary/aromatic N) is 5. The molecule has 0 spiro atoms. The molecule has 29 nitrogen and oxygen atoms in total. The van der Waals surface area contributed by atoms with Gasteiger partial charge in [-0.3, -0.25) is 53.7 Å². The Morgan fingerprint density at radius 2 is 0.689 bits per heavy atom. The van der Waals surface area contributed by atoms with Gasteiger partial charge in [0.15, 0.2) is 35.6 Å². The molecule has 28 N–H and O–H groups in total. The monoisotopic (exact) mass is 1090 g/mol. The van der Waals surface area contributed by atoms with Crippen molar-refractivity contribution >= 4 is 94.6 Å². The molecular weight excluding hydrogens is 1000 g/mol. The lowest BCUT2D eigenvalue weighted by atomic mass is 9.93. The average Bonchev–Trinajstić information content (AvgIpc) is 3.30. The Morgan fingerprint density at radius 1 is 0.419 bits per heavy atom. The van der Waals surface area contributed by atoms with Crippen LogP contribution < -0.4 is 89.7 Å². The lowest BCUT2D eigenvalue weighted by Crippen LogP contribution is -2.59. The topological polar surface area (TPSA) is 548 Å². The molecule has 0 aromatic rings. The number of carbonyl (C=O) groups is 7. The fourth-order valence-electron chi connectivity index (χ4n) is 6.59. The predicted octanol–water partition coefficient (Wildman–Crippen LogP) is -5.05. The highest BCUT2D eigenvalue weighted by atomic mass is 32.2. The van der Waals surface area contributed by atoms with Crippen LogP contribution in [0.4, 0.5) is 0 Å². The van der Waals surface area contributed by atoms with Crippen molar-refractivity contribution in [2.24, 2.45) is 94.0 Å². The first kappa shape index (κ1) is 67.5. The third kappa shape index (κ3) is 33.3. The highest BCUT2D eigenvalue weighted by molar-refractivity contribution is 8.00. The summed E-state index contributed by atoms with van der Waals surface area (Å²) in [4.78, 5) is 116. The maximum Gasteiger partial charge on any atom is 0.327 e. The lowest BCUT2D eigenvalue weighted by Gasteiger charge is -2.27. The fraction of sp³-hybridized carbons (Fsp3) is 0.721. The van der Waals surface area contributed by atoms with E-state index in [0.717, 1.165) is 0 Å². The van der Waals surface area contributed by atoms with E-state index in [2.05, 4.69) is 51.5 Å². The Kier molecular flexibility index (Phi) is 34.8. The molecule has 0 bridgehead atoms. The summed E-state index contributed by atoms with van der Waals surface area (Å²) >= 11 is 2.79. The number of carbonyl (C=O) groups excluding carboxylic acids is 6. The van der Waals surface area contributed by atoms with Gasteiger partial charge in [0.25, 0.3) is 0 Å². The van der Waals surface area contributed by atoms with Crippen LogP contribution >= 0.6 is 23.5 Å². The van der Waals surface area contributed by atoms with Crippen molar-refractivity contribution in [3.8, 4) is 0 Å². The zero-order valence-corrected chi connectivity index (χ0v) is 44.8. The second kappa shape index (κ2) is 38.1. The predicted molar refractivity (Wildman–Crippen MR) is 293 cm³/mol. The van der Waals surface area contributed by atoms with Gasteiger partial charge in [0.2, 0.25) is 29.5 Å². The van der Waals surface area contributed by atoms with Crippen molar-refractivity contribution in [1.29, 1.82) is 0 Å². The Morgan fingerprint density at radius 3 is 0.973 bits per heavy atom. The van der Waals surface area contributed by atoms with E-state index >= 15 is 0 Å². The van der Waals surface area contributed by atoms with Crippen molar-refractivity contribution in [2.45, 2.75) is 145 Å². The largest absolute Gasteiger partial charge is 0.480 e. The van der Waals surface area contributed by atoms with Crippen molar-refractivity contribution in [3.05, 3.63) is 0 Å². The fourth-order valence-corrected chi connectivity index (χ4v) is 8.17. The number of amides is 5. The number of aliphatic carboxylic acids is 1. The minimum absolute atomic E-state index is 0.0279. The third-order valence-electron chi connectivity index (χ3n) is 10.4. The molecule has 74 heavy (non-hydrogen) atoms. The number of hydrogen-bond acceptors (Lipinski definition) is 15. The molecule has 7 atom stereocenters. The molecule has 0 saturated carbocycles. The third-order valence-corrected chi connectivity index (χ3v) is 12.8. The van der Waals surface area contributed by atoms with Crippen LogP contribution in [0, 0.1) is 5.92 Å². The first-order valence-electron chi connectivity index (χ1n) is 24.3. The number of nitrogens with one attached hydrogen (secondary N) is 5. The van der Waals surface area contributed by atoms with E-state index in [1.807, 2.05) is 27.7 Å². The normalized spacial score (nSPS) is 13.8. The number of ketones is 1. The van der Waals surface area contributed by atoms with Crippen LogP contribution in [-0.4, -0.2) is 167 Å². The second-order valence-corrected chi connectivity index (χ2v) is 20.8. The number of Topliss-reactive ketones (excluding diaryl/α,β-unsaturated/α-hetero) is 1. The maximum atomic E-state index is 14.4. The lowest BCUT2D eigenvalue weighted by molar-refractivity contribution is -0.141. The Balaban J connectivity index is 7.14. The highest BCUT2D eigenvalue weighted by Gasteiger charge is 2.34. The van der Waals surface area contributed by atoms with E-state index in [0.29, 0.717) is 12.2 Å². The van der Waals surface area contributed by atoms with E-state index in [-0.39, 0.29) is 149 Å². The van der Waals surface area contributed by atoms with Gasteiger partial charge in [-0.05, 0) is 74.7 Å². The molecule has 0 aliphatic rings. The average molecular weight is 1090 g/mol. The molecule has 0 aliphatic heterocycles. The Labute approximate surface area is 441 Å². The zero-order chi connectivity index (χ0) is 56.3. The van der Waals surface area contributed by atoms with Gasteiger partial charge in [-0.15, -0.1) is 0 Å². The van der Waals surface area contributed by atoms with Gasteiger partial charge in [0, 0.05) is 56.6 Å². The molecule has 0 heterocycles. The van der Waals surface area contributed by atoms with Crippen molar-refractivity contribution in [1.82, 2.24) is 26.6 Å². The molecule has 0 aromatic heterocycles. The molecule has 5 amide bonds. The number of carboxylic acids is 1. The minimum Gasteiger partial charge on any atom is -0.480 e. The number of hydrogen-bond donors (Lipinski definition) is 17. The maximum absolute atomic E-state index is 14.4. The van der Waals surface area contributed by atoms with E-state index in [9.17, 15) is 38.7 Å². The molecule has 0 unspecified atom stereocenters. The summed E-state index contributed by atoms with van der Waals surface area (Å²) in [5.41, 5.74) is 61.4. The SMILES string of the molecule is CC(C)SC[C@H](N)C(=O)C[C@@H](CCCN=C(N)N)C(=O)N[C@@H](CCCN=C(N)N)C(=O)N[C@@H](CCCN=C(N)N)C(=O)N[C@@H](CCCN=C(N)N)C(=O)N[C@@H](CCCN=C(N)N)C(=O)N[C@H](CSC(C)C)C(=O)O. The van der Waals surface area contributed by atoms with Gasteiger partial charge < -0.3 is 94.8 Å². The standard InChI is InChI=1S/C43H85N21O8S2/c1-23(2)73-21-26(44)32(65)20-25(10-5-15-55-39(45)46)33(66)60-27(11-6-16-56-40(47)48)34(67)61-28(12-7-17-57-41(49)50)35(68)62-29(13-8-18-58-42(51)52)36(69)63-30(14-9-19-59-43(53)54)37(70)64-31(38(71)72)22-74-24(3)4/h23-31H,5-22,44H2,1-4H3,(H,60,66)(H,61,67)(H,62,68)(H,63,69)(H,64,70)(H,71,72)(H4,45,46,55)(H4,47,48,56)(H4,49,50,57)(H4,51,52,58)(H4,53,54,59)/t25-,26+,27+,28+,29+,30+,31-/m1/s1. The van der Waals surface area contributed by atoms with Crippen molar-refractivity contribution in [2.75, 3.05) is 44.2 Å². The van der Waals surface area contributed by atoms with Crippen molar-refractivity contribution in [3.63, 3.8) is 0 Å². The number of guanidine groups is 5. The number of carboxylic acid groups (broad SMARTS) is 1. The highest BCUT2D eigenvalue weighted by Crippen LogP contribution is 2.18. The zero-order valence-electron chi connectivity index (χ0n) is 43.1. The Bertz CT molecular complexity index is 1920. The van der Waals surface area contributed by atoms with Crippen LogP contribution in [0.5, 0.6) is 0 Å². The van der Waals surface area contributed by atoms with E-state index in [1.54, 1.807) is 0 Å². The number of nitrogens with two attached hydrogens (primary N) is 11. The molecule has 422 valence electrons. The van der Waals surface area contributed by atoms with Crippen LogP contribution in [0.2, 0.25) is 0 Å². The van der Waals surface area contributed by atoms with Crippen LogP contribution in [0.1, 0.15) is 98.3 Å². The van der Waals surface area contributed by atoms with Gasteiger partial charge >= 0.3 is 5.97 Å². The quantitative estimate of drug-likeness (QED) is 0.0155. The summed E-state index contributed by atoms with van der Waals surface area (Å²) in [6.07, 6.45) is 0.492. The van der Waals surface area contributed by atoms with E-state index in [4.69, 9.17) is 63.1 Å². The van der Waals surface area contributed by atoms with Crippen molar-refractivity contribution < 1.29 is 38.7 Å². The summed E-state index contributed by atoms with van der Waals surface area (Å²) in [6, 6.07) is -7.64. The second-order valence-electron chi connectivity index (χ2n) is 17.6. The summed E-state index contributed by atoms with van der Waals surface area (Å²) in [6.45, 7) is 7.98. The molecule has 0 radical (unpaired) electrons. The van der Waals surface area contributed by atoms with Gasteiger partial charge in [-0.1, -0.05) is 27.7 Å². The van der Waals surface area contributed by atoms with Crippen LogP contribution in [0.3, 0.4) is 0 Å². The summed E-state index contributed by atoms with van der Waals surface area (Å²) in [7, 11) is 0. The van der Waals surface area contributed by atoms with E-state index < -0.39 is 77.7 Å². The summed E-state index contributed by atoms with van der Waals surface area (Å²) in [5.74, 6) is -7.35. The number of aliphatic imine (C=N–C) groups is 5. The van der Waals surface area contributed by atoms with Crippen LogP contribution in [0.15, 0.2) is 25.0 Å².